The molecule has 1 unspecified atom stereocenters. The van der Waals surface area contributed by atoms with Crippen LogP contribution >= 0.6 is 31.9 Å². The Hall–Kier alpha value is -0.950. The van der Waals surface area contributed by atoms with E-state index >= 15 is 0 Å². The molecule has 2 N–H and O–H groups in total. The number of hydrogen-bond acceptors (Lipinski definition) is 3. The molecule has 0 aromatic carbocycles. The van der Waals surface area contributed by atoms with Gasteiger partial charge in [-0.3, -0.25) is 20.1 Å². The number of nitrogens with one attached hydrogen (secondary N) is 2. The lowest BCUT2D eigenvalue weighted by atomic mass is 10.2. The van der Waals surface area contributed by atoms with Gasteiger partial charge in [0.15, 0.2) is 12.0 Å². The Morgan fingerprint density at radius 2 is 2.21 bits per heavy atom. The average molecular weight is 390 g/mol. The van der Waals surface area contributed by atoms with Gasteiger partial charge in [-0.25, -0.2) is 0 Å². The number of nitrogens with zero attached hydrogens (tertiary/aromatic N) is 2. The van der Waals surface area contributed by atoms with Crippen molar-refractivity contribution < 1.29 is 4.79 Å². The summed E-state index contributed by atoms with van der Waals surface area (Å²) in [4.78, 5) is 20.5. The molecule has 1 saturated heterocycles. The zero-order valence-electron chi connectivity index (χ0n) is 10.6. The van der Waals surface area contributed by atoms with Crippen molar-refractivity contribution in [1.82, 2.24) is 15.6 Å². The summed E-state index contributed by atoms with van der Waals surface area (Å²) in [7, 11) is 0. The van der Waals surface area contributed by atoms with Crippen LogP contribution in [-0.2, 0) is 4.79 Å². The van der Waals surface area contributed by atoms with E-state index in [1.54, 1.807) is 6.20 Å². The van der Waals surface area contributed by atoms with Gasteiger partial charge in [-0.05, 0) is 43.8 Å². The van der Waals surface area contributed by atoms with Crippen molar-refractivity contribution in [2.75, 3.05) is 6.54 Å². The van der Waals surface area contributed by atoms with E-state index in [2.05, 4.69) is 66.3 Å². The van der Waals surface area contributed by atoms with Gasteiger partial charge >= 0.3 is 0 Å². The van der Waals surface area contributed by atoms with Crippen molar-refractivity contribution in [2.24, 2.45) is 10.9 Å². The fourth-order valence-corrected chi connectivity index (χ4v) is 2.83. The molecule has 2 heterocycles. The first kappa shape index (κ1) is 14.5. The van der Waals surface area contributed by atoms with Crippen LogP contribution in [0.5, 0.6) is 0 Å². The Kier molecular flexibility index (Phi) is 4.57. The number of guanidine groups is 1. The van der Waals surface area contributed by atoms with Crippen LogP contribution < -0.4 is 10.6 Å². The molecule has 102 valence electrons. The second kappa shape index (κ2) is 6.00. The van der Waals surface area contributed by atoms with Gasteiger partial charge in [-0.15, -0.1) is 0 Å². The number of halogens is 2. The molecule has 1 aromatic heterocycles. The quantitative estimate of drug-likeness (QED) is 0.833. The van der Waals surface area contributed by atoms with Gasteiger partial charge < -0.3 is 5.32 Å². The molecule has 0 radical (unpaired) electrons. The van der Waals surface area contributed by atoms with Crippen LogP contribution in [0.15, 0.2) is 26.2 Å². The maximum atomic E-state index is 11.9. The molecule has 0 bridgehead atoms. The highest BCUT2D eigenvalue weighted by Crippen LogP contribution is 2.26. The molecule has 1 aromatic rings. The highest BCUT2D eigenvalue weighted by Gasteiger charge is 2.32. The van der Waals surface area contributed by atoms with Crippen molar-refractivity contribution in [3.05, 3.63) is 26.9 Å². The summed E-state index contributed by atoms with van der Waals surface area (Å²) in [5.41, 5.74) is 0.649. The van der Waals surface area contributed by atoms with Gasteiger partial charge in [0.25, 0.3) is 5.91 Å². The van der Waals surface area contributed by atoms with E-state index in [-0.39, 0.29) is 5.91 Å². The second-order valence-corrected chi connectivity index (χ2v) is 6.44. The van der Waals surface area contributed by atoms with Crippen molar-refractivity contribution in [1.29, 1.82) is 0 Å². The molecule has 2 rings (SSSR count). The Labute approximate surface area is 128 Å². The highest BCUT2D eigenvalue weighted by atomic mass is 79.9. The molecule has 0 spiro atoms. The van der Waals surface area contributed by atoms with E-state index in [9.17, 15) is 4.79 Å². The van der Waals surface area contributed by atoms with Crippen molar-refractivity contribution in [3.63, 3.8) is 0 Å². The molecular weight excluding hydrogens is 376 g/mol. The molecule has 1 atom stereocenters. The minimum absolute atomic E-state index is 0.141. The SMILES string of the molecule is CC(C)CN=C1NC(=O)C(c2ncc(Br)cc2Br)N1. The molecule has 1 aliphatic rings. The fourth-order valence-electron chi connectivity index (χ4n) is 1.62. The molecule has 19 heavy (non-hydrogen) atoms. The van der Waals surface area contributed by atoms with E-state index < -0.39 is 6.04 Å². The van der Waals surface area contributed by atoms with Crippen LogP contribution in [0.1, 0.15) is 25.6 Å². The Balaban J connectivity index is 2.18. The third-order valence-electron chi connectivity index (χ3n) is 2.51. The second-order valence-electron chi connectivity index (χ2n) is 4.67. The van der Waals surface area contributed by atoms with Crippen molar-refractivity contribution in [2.45, 2.75) is 19.9 Å². The number of hydrogen-bond donors (Lipinski definition) is 2. The first-order valence-corrected chi connectivity index (χ1v) is 7.48. The van der Waals surface area contributed by atoms with Crippen LogP contribution in [0.4, 0.5) is 0 Å². The maximum absolute atomic E-state index is 11.9. The van der Waals surface area contributed by atoms with Crippen molar-refractivity contribution in [3.8, 4) is 0 Å². The van der Waals surface area contributed by atoms with E-state index in [4.69, 9.17) is 0 Å². The average Bonchev–Trinajstić information content (AvgIpc) is 2.68. The lowest BCUT2D eigenvalue weighted by Crippen LogP contribution is -2.26. The molecule has 1 aliphatic heterocycles. The van der Waals surface area contributed by atoms with Gasteiger partial charge in [-0.2, -0.15) is 0 Å². The number of amides is 1. The van der Waals surface area contributed by atoms with Gasteiger partial charge in [-0.1, -0.05) is 13.8 Å². The zero-order chi connectivity index (χ0) is 14.0. The number of aromatic nitrogens is 1. The normalized spacial score (nSPS) is 20.8. The fraction of sp³-hybridized carbons (Fsp3) is 0.417. The summed E-state index contributed by atoms with van der Waals surface area (Å²) in [5, 5.41) is 5.78. The summed E-state index contributed by atoms with van der Waals surface area (Å²) in [6.45, 7) is 4.82. The Morgan fingerprint density at radius 3 is 2.84 bits per heavy atom. The van der Waals surface area contributed by atoms with Gasteiger partial charge in [0.1, 0.15) is 0 Å². The molecule has 0 saturated carbocycles. The first-order valence-electron chi connectivity index (χ1n) is 5.90. The Bertz CT molecular complexity index is 530. The summed E-state index contributed by atoms with van der Waals surface area (Å²) in [5.74, 6) is 0.821. The predicted molar refractivity (Wildman–Crippen MR) is 80.8 cm³/mol. The minimum atomic E-state index is -0.506. The highest BCUT2D eigenvalue weighted by molar-refractivity contribution is 9.11. The lowest BCUT2D eigenvalue weighted by Gasteiger charge is -2.09. The standard InChI is InChI=1S/C12H14Br2N4O/c1-6(2)4-16-12-17-10(11(19)18-12)9-8(14)3-7(13)5-15-9/h3,5-6,10H,4H2,1-2H3,(H2,16,17,18,19). The molecule has 1 amide bonds. The molecule has 0 aliphatic carbocycles. The van der Waals surface area contributed by atoms with Crippen LogP contribution in [0.2, 0.25) is 0 Å². The third kappa shape index (κ3) is 3.54. The molecule has 5 nitrogen and oxygen atoms in total. The van der Waals surface area contributed by atoms with Gasteiger partial charge in [0, 0.05) is 21.7 Å². The van der Waals surface area contributed by atoms with E-state index in [0.717, 1.165) is 8.95 Å². The third-order valence-corrected chi connectivity index (χ3v) is 3.58. The molecular formula is C12H14Br2N4O. The van der Waals surface area contributed by atoms with E-state index in [0.29, 0.717) is 24.1 Å². The largest absolute Gasteiger partial charge is 0.339 e. The number of rotatable bonds is 3. The van der Waals surface area contributed by atoms with Gasteiger partial charge in [0.2, 0.25) is 0 Å². The van der Waals surface area contributed by atoms with Crippen LogP contribution in [0, 0.1) is 5.92 Å². The number of pyridine rings is 1. The smallest absolute Gasteiger partial charge is 0.255 e. The minimum Gasteiger partial charge on any atom is -0.339 e. The molecule has 1 fully saturated rings. The Morgan fingerprint density at radius 1 is 1.47 bits per heavy atom. The van der Waals surface area contributed by atoms with E-state index in [1.165, 1.54) is 0 Å². The van der Waals surface area contributed by atoms with Crippen LogP contribution in [0.3, 0.4) is 0 Å². The first-order chi connectivity index (χ1) is 8.97. The zero-order valence-corrected chi connectivity index (χ0v) is 13.7. The van der Waals surface area contributed by atoms with Crippen molar-refractivity contribution >= 4 is 43.7 Å². The summed E-state index contributed by atoms with van der Waals surface area (Å²) >= 11 is 6.75. The van der Waals surface area contributed by atoms with Gasteiger partial charge in [0.05, 0.1) is 5.69 Å². The maximum Gasteiger partial charge on any atom is 0.255 e. The monoisotopic (exact) mass is 388 g/mol. The summed E-state index contributed by atoms with van der Waals surface area (Å²) < 4.78 is 1.63. The topological polar surface area (TPSA) is 66.4 Å². The number of carbonyl (C=O) groups excluding carboxylic acids is 1. The predicted octanol–water partition coefficient (Wildman–Crippen LogP) is 2.38. The number of aliphatic imine (C=N–C) groups is 1. The molecule has 7 heteroatoms. The summed E-state index contributed by atoms with van der Waals surface area (Å²) in [6.07, 6.45) is 1.66. The van der Waals surface area contributed by atoms with Crippen LogP contribution in [0.25, 0.3) is 0 Å². The lowest BCUT2D eigenvalue weighted by molar-refractivity contribution is -0.120. The number of carbonyl (C=O) groups is 1. The summed E-state index contributed by atoms with van der Waals surface area (Å²) in [6, 6.07) is 1.36. The van der Waals surface area contributed by atoms with E-state index in [1.807, 2.05) is 6.07 Å². The van der Waals surface area contributed by atoms with Crippen LogP contribution in [-0.4, -0.2) is 23.4 Å².